The zero-order chi connectivity index (χ0) is 19.0. The number of carbonyl (C=O) groups excluding carboxylic acids is 1. The summed E-state index contributed by atoms with van der Waals surface area (Å²) in [4.78, 5) is 22.6. The molecule has 0 fully saturated rings. The zero-order valence-corrected chi connectivity index (χ0v) is 15.8. The Hall–Kier alpha value is -3.02. The van der Waals surface area contributed by atoms with Crippen LogP contribution in [-0.4, -0.2) is 22.4 Å². The molecule has 4 rings (SSSR count). The van der Waals surface area contributed by atoms with E-state index in [2.05, 4.69) is 43.5 Å². The van der Waals surface area contributed by atoms with Gasteiger partial charge in [-0.05, 0) is 58.2 Å². The summed E-state index contributed by atoms with van der Waals surface area (Å²) < 4.78 is 14.3. The molecule has 2 heterocycles. The fraction of sp³-hybridized carbons (Fsp3) is 0.100. The SMILES string of the molecule is C=C=CC(=O)Nc1ccc2ncnc(N3CCc4cc(F)c(Br)cc43)c2c1. The topological polar surface area (TPSA) is 58.1 Å². The number of aromatic nitrogens is 2. The molecule has 1 aromatic heterocycles. The van der Waals surface area contributed by atoms with Crippen molar-refractivity contribution in [2.45, 2.75) is 6.42 Å². The van der Waals surface area contributed by atoms with Crippen molar-refractivity contribution in [1.29, 1.82) is 0 Å². The van der Waals surface area contributed by atoms with Crippen LogP contribution in [0.2, 0.25) is 0 Å². The number of carbonyl (C=O) groups is 1. The summed E-state index contributed by atoms with van der Waals surface area (Å²) in [6.45, 7) is 4.08. The summed E-state index contributed by atoms with van der Waals surface area (Å²) in [7, 11) is 0. The van der Waals surface area contributed by atoms with E-state index in [0.29, 0.717) is 22.5 Å². The van der Waals surface area contributed by atoms with Gasteiger partial charge >= 0.3 is 0 Å². The number of hydrogen-bond acceptors (Lipinski definition) is 4. The molecule has 0 bridgehead atoms. The second-order valence-electron chi connectivity index (χ2n) is 6.06. The van der Waals surface area contributed by atoms with Crippen LogP contribution in [-0.2, 0) is 11.2 Å². The summed E-state index contributed by atoms with van der Waals surface area (Å²) >= 11 is 3.26. The molecule has 27 heavy (non-hydrogen) atoms. The molecular weight excluding hydrogens is 411 g/mol. The first kappa shape index (κ1) is 17.4. The van der Waals surface area contributed by atoms with Crippen molar-refractivity contribution >= 4 is 49.9 Å². The first-order chi connectivity index (χ1) is 13.1. The number of anilines is 3. The van der Waals surface area contributed by atoms with Gasteiger partial charge in [-0.3, -0.25) is 4.79 Å². The van der Waals surface area contributed by atoms with Crippen molar-refractivity contribution < 1.29 is 9.18 Å². The minimum absolute atomic E-state index is 0.275. The summed E-state index contributed by atoms with van der Waals surface area (Å²) in [5.74, 6) is 0.129. The minimum atomic E-state index is -0.311. The second kappa shape index (κ2) is 6.95. The van der Waals surface area contributed by atoms with Crippen molar-refractivity contribution in [3.05, 3.63) is 70.9 Å². The second-order valence-corrected chi connectivity index (χ2v) is 6.92. The maximum atomic E-state index is 13.8. The normalized spacial score (nSPS) is 12.6. The van der Waals surface area contributed by atoms with Gasteiger partial charge in [0.1, 0.15) is 18.0 Å². The van der Waals surface area contributed by atoms with E-state index in [1.165, 1.54) is 12.4 Å². The third-order valence-corrected chi connectivity index (χ3v) is 5.00. The molecule has 1 N–H and O–H groups in total. The highest BCUT2D eigenvalue weighted by molar-refractivity contribution is 9.10. The lowest BCUT2D eigenvalue weighted by Gasteiger charge is -2.20. The molecule has 0 saturated heterocycles. The van der Waals surface area contributed by atoms with E-state index >= 15 is 0 Å². The van der Waals surface area contributed by atoms with Crippen LogP contribution < -0.4 is 10.2 Å². The van der Waals surface area contributed by atoms with Gasteiger partial charge in [0.05, 0.1) is 9.99 Å². The highest BCUT2D eigenvalue weighted by Crippen LogP contribution is 2.39. The lowest BCUT2D eigenvalue weighted by atomic mass is 10.1. The van der Waals surface area contributed by atoms with Crippen LogP contribution >= 0.6 is 15.9 Å². The van der Waals surface area contributed by atoms with Crippen molar-refractivity contribution in [2.24, 2.45) is 0 Å². The molecule has 3 aromatic rings. The number of benzene rings is 2. The maximum Gasteiger partial charge on any atom is 0.256 e. The average molecular weight is 425 g/mol. The number of amides is 1. The van der Waals surface area contributed by atoms with Crippen LogP contribution in [0.1, 0.15) is 5.56 Å². The van der Waals surface area contributed by atoms with Crippen LogP contribution in [0.3, 0.4) is 0 Å². The van der Waals surface area contributed by atoms with E-state index in [1.807, 2.05) is 17.0 Å². The Balaban J connectivity index is 1.80. The van der Waals surface area contributed by atoms with Crippen LogP contribution in [0.5, 0.6) is 0 Å². The molecule has 1 aliphatic heterocycles. The van der Waals surface area contributed by atoms with E-state index in [4.69, 9.17) is 0 Å². The van der Waals surface area contributed by atoms with Gasteiger partial charge < -0.3 is 10.2 Å². The van der Waals surface area contributed by atoms with Crippen molar-refractivity contribution in [1.82, 2.24) is 9.97 Å². The van der Waals surface area contributed by atoms with Gasteiger partial charge in [-0.25, -0.2) is 14.4 Å². The lowest BCUT2D eigenvalue weighted by Crippen LogP contribution is -2.15. The van der Waals surface area contributed by atoms with E-state index in [0.717, 1.165) is 28.6 Å². The Morgan fingerprint density at radius 1 is 1.33 bits per heavy atom. The quantitative estimate of drug-likeness (QED) is 0.496. The van der Waals surface area contributed by atoms with Crippen LogP contribution in [0.4, 0.5) is 21.6 Å². The Kier molecular flexibility index (Phi) is 4.48. The molecule has 7 heteroatoms. The molecule has 5 nitrogen and oxygen atoms in total. The molecule has 134 valence electrons. The number of nitrogens with one attached hydrogen (secondary N) is 1. The zero-order valence-electron chi connectivity index (χ0n) is 14.2. The number of hydrogen-bond donors (Lipinski definition) is 1. The smallest absolute Gasteiger partial charge is 0.256 e. The van der Waals surface area contributed by atoms with E-state index in [1.54, 1.807) is 18.2 Å². The highest BCUT2D eigenvalue weighted by Gasteiger charge is 2.25. The number of rotatable bonds is 3. The van der Waals surface area contributed by atoms with Gasteiger partial charge in [-0.2, -0.15) is 0 Å². The molecule has 0 aliphatic carbocycles. The predicted molar refractivity (Wildman–Crippen MR) is 107 cm³/mol. The maximum absolute atomic E-state index is 13.8. The Morgan fingerprint density at radius 3 is 3.00 bits per heavy atom. The third kappa shape index (κ3) is 3.23. The van der Waals surface area contributed by atoms with E-state index < -0.39 is 0 Å². The van der Waals surface area contributed by atoms with Crippen molar-refractivity contribution in [3.8, 4) is 0 Å². The summed E-state index contributed by atoms with van der Waals surface area (Å²) in [6, 6.07) is 8.75. The largest absolute Gasteiger partial charge is 0.325 e. The standard InChI is InChI=1S/C20H14BrFN4O/c1-2-3-19(27)25-13-4-5-17-14(9-13)20(24-11-23-17)26-7-6-12-8-16(22)15(21)10-18(12)26/h3-5,8-11H,1,6-7H2,(H,25,27). The Labute approximate surface area is 163 Å². The first-order valence-corrected chi connectivity index (χ1v) is 9.03. The molecular formula is C20H14BrFN4O. The van der Waals surface area contributed by atoms with Gasteiger partial charge in [0.15, 0.2) is 0 Å². The van der Waals surface area contributed by atoms with E-state index in [9.17, 15) is 9.18 Å². The van der Waals surface area contributed by atoms with Crippen molar-refractivity contribution in [2.75, 3.05) is 16.8 Å². The Morgan fingerprint density at radius 2 is 2.19 bits per heavy atom. The van der Waals surface area contributed by atoms with Gasteiger partial charge in [0.2, 0.25) is 0 Å². The van der Waals surface area contributed by atoms with E-state index in [-0.39, 0.29) is 11.7 Å². The Bertz CT molecular complexity index is 1120. The number of fused-ring (bicyclic) bond motifs is 2. The fourth-order valence-electron chi connectivity index (χ4n) is 3.21. The summed E-state index contributed by atoms with van der Waals surface area (Å²) in [5.41, 5.74) is 5.67. The first-order valence-electron chi connectivity index (χ1n) is 8.24. The average Bonchev–Trinajstić information content (AvgIpc) is 3.04. The van der Waals surface area contributed by atoms with Gasteiger partial charge in [-0.1, -0.05) is 6.58 Å². The van der Waals surface area contributed by atoms with Crippen LogP contribution in [0.15, 0.2) is 59.5 Å². The monoisotopic (exact) mass is 424 g/mol. The fourth-order valence-corrected chi connectivity index (χ4v) is 3.54. The molecule has 0 saturated carbocycles. The summed E-state index contributed by atoms with van der Waals surface area (Å²) in [5, 5.41) is 3.56. The molecule has 1 aliphatic rings. The third-order valence-electron chi connectivity index (χ3n) is 4.39. The number of halogens is 2. The number of nitrogens with zero attached hydrogens (tertiary/aromatic N) is 3. The summed E-state index contributed by atoms with van der Waals surface area (Å²) in [6.07, 6.45) is 3.47. The van der Waals surface area contributed by atoms with Crippen LogP contribution in [0, 0.1) is 5.82 Å². The molecule has 2 aromatic carbocycles. The molecule has 0 unspecified atom stereocenters. The van der Waals surface area contributed by atoms with Gasteiger partial charge in [-0.15, -0.1) is 5.73 Å². The molecule has 0 spiro atoms. The predicted octanol–water partition coefficient (Wildman–Crippen LogP) is 4.51. The minimum Gasteiger partial charge on any atom is -0.325 e. The highest BCUT2D eigenvalue weighted by atomic mass is 79.9. The van der Waals surface area contributed by atoms with Crippen LogP contribution in [0.25, 0.3) is 10.9 Å². The van der Waals surface area contributed by atoms with Gasteiger partial charge in [0, 0.05) is 29.4 Å². The molecule has 0 atom stereocenters. The molecule has 1 amide bonds. The lowest BCUT2D eigenvalue weighted by molar-refractivity contribution is -0.111. The molecule has 0 radical (unpaired) electrons. The van der Waals surface area contributed by atoms with Crippen molar-refractivity contribution in [3.63, 3.8) is 0 Å². The van der Waals surface area contributed by atoms with Gasteiger partial charge in [0.25, 0.3) is 5.91 Å².